The van der Waals surface area contributed by atoms with Crippen LogP contribution < -0.4 is 24.8 Å². The summed E-state index contributed by atoms with van der Waals surface area (Å²) in [7, 11) is 10.9. The van der Waals surface area contributed by atoms with Gasteiger partial charge in [-0.3, -0.25) is 19.8 Å². The second kappa shape index (κ2) is 12.0. The maximum absolute atomic E-state index is 12.1. The highest BCUT2D eigenvalue weighted by Crippen LogP contribution is 2.39. The second-order valence-electron chi connectivity index (χ2n) is 8.75. The van der Waals surface area contributed by atoms with Crippen LogP contribution >= 0.6 is 0 Å². The molecule has 0 aliphatic rings. The number of carbonyl (C=O) groups is 1. The number of benzene rings is 2. The molecule has 2 aromatic carbocycles. The Balaban J connectivity index is 1.98. The van der Waals surface area contributed by atoms with Crippen molar-refractivity contribution >= 4 is 46.6 Å². The number of rotatable bonds is 12. The number of nitrogens with one attached hydrogen (secondary N) is 1. The Kier molecular flexibility index (Phi) is 8.80. The van der Waals surface area contributed by atoms with Crippen LogP contribution in [0.15, 0.2) is 48.7 Å². The zero-order chi connectivity index (χ0) is 27.1. The van der Waals surface area contributed by atoms with E-state index < -0.39 is 4.92 Å². The molecule has 0 aliphatic carbocycles. The van der Waals surface area contributed by atoms with Crippen LogP contribution in [0.4, 0.5) is 40.2 Å². The van der Waals surface area contributed by atoms with E-state index in [9.17, 15) is 14.9 Å². The topological polar surface area (TPSA) is 120 Å². The number of nitrogens with zero attached hydrogens (tertiary/aromatic N) is 7. The minimum Gasteiger partial charge on any atom is -0.494 e. The van der Waals surface area contributed by atoms with E-state index in [2.05, 4.69) is 15.3 Å². The number of anilines is 6. The van der Waals surface area contributed by atoms with E-state index in [-0.39, 0.29) is 11.6 Å². The number of ether oxygens (including phenoxy) is 1. The van der Waals surface area contributed by atoms with Crippen molar-refractivity contribution < 1.29 is 14.5 Å². The van der Waals surface area contributed by atoms with Crippen molar-refractivity contribution in [2.75, 3.05) is 75.5 Å². The van der Waals surface area contributed by atoms with Crippen LogP contribution in [0.1, 0.15) is 0 Å². The molecule has 196 valence electrons. The fraction of sp³-hybridized carbons (Fsp3) is 0.320. The van der Waals surface area contributed by atoms with Gasteiger partial charge in [0.15, 0.2) is 0 Å². The van der Waals surface area contributed by atoms with Gasteiger partial charge in [-0.15, -0.1) is 0 Å². The fourth-order valence-electron chi connectivity index (χ4n) is 3.69. The van der Waals surface area contributed by atoms with E-state index in [0.29, 0.717) is 41.6 Å². The van der Waals surface area contributed by atoms with E-state index in [1.807, 2.05) is 67.2 Å². The first-order valence-corrected chi connectivity index (χ1v) is 11.5. The Morgan fingerprint density at radius 3 is 2.32 bits per heavy atom. The average Bonchev–Trinajstić information content (AvgIpc) is 2.87. The molecule has 1 amide bonds. The largest absolute Gasteiger partial charge is 0.494 e. The summed E-state index contributed by atoms with van der Waals surface area (Å²) in [6, 6.07) is 12.1. The quantitative estimate of drug-likeness (QED) is 0.221. The van der Waals surface area contributed by atoms with Crippen LogP contribution in [-0.2, 0) is 4.79 Å². The van der Waals surface area contributed by atoms with Crippen molar-refractivity contribution in [2.45, 2.75) is 0 Å². The summed E-state index contributed by atoms with van der Waals surface area (Å²) < 4.78 is 5.53. The lowest BCUT2D eigenvalue weighted by molar-refractivity contribution is -0.384. The summed E-state index contributed by atoms with van der Waals surface area (Å²) in [4.78, 5) is 39.4. The van der Waals surface area contributed by atoms with Gasteiger partial charge in [-0.1, -0.05) is 12.1 Å². The third kappa shape index (κ3) is 6.41. The average molecular weight is 509 g/mol. The molecule has 37 heavy (non-hydrogen) atoms. The molecule has 12 nitrogen and oxygen atoms in total. The fourth-order valence-corrected chi connectivity index (χ4v) is 3.69. The molecule has 0 saturated carbocycles. The lowest BCUT2D eigenvalue weighted by atomic mass is 10.2. The number of nitro groups is 1. The van der Waals surface area contributed by atoms with Crippen molar-refractivity contribution in [3.63, 3.8) is 0 Å². The van der Waals surface area contributed by atoms with Crippen LogP contribution in [0.5, 0.6) is 5.75 Å². The molecular weight excluding hydrogens is 476 g/mol. The predicted octanol–water partition coefficient (Wildman–Crippen LogP) is 3.50. The molecule has 0 aliphatic heterocycles. The smallest absolute Gasteiger partial charge is 0.294 e. The van der Waals surface area contributed by atoms with E-state index in [1.165, 1.54) is 24.3 Å². The molecule has 0 saturated heterocycles. The highest BCUT2D eigenvalue weighted by Gasteiger charge is 2.23. The molecule has 0 atom stereocenters. The molecule has 0 bridgehead atoms. The summed E-state index contributed by atoms with van der Waals surface area (Å²) >= 11 is 0. The zero-order valence-corrected chi connectivity index (χ0v) is 21.9. The predicted molar refractivity (Wildman–Crippen MR) is 146 cm³/mol. The van der Waals surface area contributed by atoms with E-state index in [1.54, 1.807) is 19.2 Å². The molecule has 0 spiro atoms. The Labute approximate surface area is 216 Å². The lowest BCUT2D eigenvalue weighted by Crippen LogP contribution is -2.29. The van der Waals surface area contributed by atoms with Gasteiger partial charge in [-0.05, 0) is 32.3 Å². The van der Waals surface area contributed by atoms with Crippen molar-refractivity contribution in [3.8, 4) is 5.75 Å². The number of para-hydroxylation sites is 2. The molecular formula is C25H32N8O4. The zero-order valence-electron chi connectivity index (χ0n) is 21.9. The standard InChI is InChI=1S/C25H32N8O4/c1-29(2)13-14-31(5)21-16-23(37-6)18(15-22(21)33(35)36)27-25-26-12-11-24(28-25)32(17-34)20-10-8-7-9-19(20)30(3)4/h7-12,15-17H,13-14H2,1-6H3,(H,26,27,28). The number of carbonyl (C=O) groups excluding carboxylic acids is 1. The monoisotopic (exact) mass is 508 g/mol. The molecule has 0 unspecified atom stereocenters. The van der Waals surface area contributed by atoms with Crippen LogP contribution in [-0.4, -0.2) is 81.6 Å². The summed E-state index contributed by atoms with van der Waals surface area (Å²) in [6.07, 6.45) is 2.18. The van der Waals surface area contributed by atoms with Gasteiger partial charge >= 0.3 is 0 Å². The maximum atomic E-state index is 12.1. The maximum Gasteiger partial charge on any atom is 0.294 e. The normalized spacial score (nSPS) is 10.7. The van der Waals surface area contributed by atoms with Gasteiger partial charge in [0.1, 0.15) is 17.3 Å². The number of amides is 1. The highest BCUT2D eigenvalue weighted by molar-refractivity contribution is 5.91. The SMILES string of the molecule is COc1cc(N(C)CCN(C)C)c([N+](=O)[O-])cc1Nc1nccc(N(C=O)c2ccccc2N(C)C)n1. The van der Waals surface area contributed by atoms with E-state index in [0.717, 1.165) is 12.2 Å². The Bertz CT molecular complexity index is 1250. The summed E-state index contributed by atoms with van der Waals surface area (Å²) in [5.74, 6) is 0.861. The summed E-state index contributed by atoms with van der Waals surface area (Å²) in [6.45, 7) is 1.31. The first-order chi connectivity index (χ1) is 17.7. The molecule has 1 heterocycles. The van der Waals surface area contributed by atoms with Gasteiger partial charge in [-0.2, -0.15) is 4.98 Å². The molecule has 0 fully saturated rings. The van der Waals surface area contributed by atoms with Gasteiger partial charge in [0.05, 0.1) is 29.1 Å². The molecule has 1 aromatic heterocycles. The molecule has 3 aromatic rings. The van der Waals surface area contributed by atoms with Crippen molar-refractivity contribution in [1.29, 1.82) is 0 Å². The number of methoxy groups -OCH3 is 1. The van der Waals surface area contributed by atoms with Crippen LogP contribution in [0.25, 0.3) is 0 Å². The molecule has 0 radical (unpaired) electrons. The van der Waals surface area contributed by atoms with E-state index >= 15 is 0 Å². The van der Waals surface area contributed by atoms with Crippen LogP contribution in [0.2, 0.25) is 0 Å². The molecule has 3 rings (SSSR count). The molecule has 1 N–H and O–H groups in total. The summed E-state index contributed by atoms with van der Waals surface area (Å²) in [5.41, 5.74) is 2.13. The first kappa shape index (κ1) is 27.1. The minimum atomic E-state index is -0.435. The first-order valence-electron chi connectivity index (χ1n) is 11.5. The van der Waals surface area contributed by atoms with Crippen molar-refractivity contribution in [3.05, 3.63) is 58.8 Å². The van der Waals surface area contributed by atoms with Crippen molar-refractivity contribution in [2.24, 2.45) is 0 Å². The van der Waals surface area contributed by atoms with Crippen LogP contribution in [0.3, 0.4) is 0 Å². The lowest BCUT2D eigenvalue weighted by Gasteiger charge is -2.24. The van der Waals surface area contributed by atoms with Gasteiger partial charge in [-0.25, -0.2) is 4.98 Å². The number of hydrogen-bond acceptors (Lipinski definition) is 10. The number of nitro benzene ring substituents is 1. The molecule has 12 heteroatoms. The Morgan fingerprint density at radius 2 is 1.73 bits per heavy atom. The summed E-state index contributed by atoms with van der Waals surface area (Å²) in [5, 5.41) is 14.9. The third-order valence-corrected chi connectivity index (χ3v) is 5.65. The second-order valence-corrected chi connectivity index (χ2v) is 8.75. The number of likely N-dealkylation sites (N-methyl/N-ethyl adjacent to an activating group) is 2. The Hall–Kier alpha value is -4.45. The van der Waals surface area contributed by atoms with Gasteiger partial charge in [0.2, 0.25) is 12.4 Å². The van der Waals surface area contributed by atoms with Gasteiger partial charge in [0.25, 0.3) is 5.69 Å². The van der Waals surface area contributed by atoms with E-state index in [4.69, 9.17) is 4.74 Å². The highest BCUT2D eigenvalue weighted by atomic mass is 16.6. The van der Waals surface area contributed by atoms with Gasteiger partial charge in [0, 0.05) is 52.6 Å². The number of aromatic nitrogens is 2. The minimum absolute atomic E-state index is 0.0878. The van der Waals surface area contributed by atoms with Crippen LogP contribution in [0, 0.1) is 10.1 Å². The van der Waals surface area contributed by atoms with Crippen molar-refractivity contribution in [1.82, 2.24) is 14.9 Å². The Morgan fingerprint density at radius 1 is 1.03 bits per heavy atom. The number of hydrogen-bond donors (Lipinski definition) is 1. The third-order valence-electron chi connectivity index (χ3n) is 5.65. The van der Waals surface area contributed by atoms with Gasteiger partial charge < -0.3 is 24.8 Å².